The first-order valence-electron chi connectivity index (χ1n) is 8.48. The zero-order valence-electron chi connectivity index (χ0n) is 15.2. The van der Waals surface area contributed by atoms with Gasteiger partial charge in [0.05, 0.1) is 12.1 Å². The standard InChI is InChI=1S/C20H24F2N2O.ClH/c1-20(2)12-24(17-10-15(22)7-8-16(17)20)19(18(25)11-23-3)13-5-4-6-14(21)9-13;/h4-10,18-19,23,25H,11-12H2,1-3H3;1H/t18-,19+;/m1./s1. The Morgan fingerprint density at radius 1 is 1.15 bits per heavy atom. The highest BCUT2D eigenvalue weighted by molar-refractivity contribution is 5.85. The van der Waals surface area contributed by atoms with E-state index in [0.717, 1.165) is 11.3 Å². The van der Waals surface area contributed by atoms with Gasteiger partial charge in [0.1, 0.15) is 11.6 Å². The zero-order chi connectivity index (χ0) is 18.2. The fourth-order valence-electron chi connectivity index (χ4n) is 3.78. The number of fused-ring (bicyclic) bond motifs is 1. The van der Waals surface area contributed by atoms with Crippen LogP contribution < -0.4 is 10.2 Å². The molecule has 0 saturated carbocycles. The molecule has 1 heterocycles. The van der Waals surface area contributed by atoms with E-state index in [1.165, 1.54) is 24.3 Å². The molecule has 142 valence electrons. The third-order valence-electron chi connectivity index (χ3n) is 4.87. The Morgan fingerprint density at radius 3 is 2.50 bits per heavy atom. The van der Waals surface area contributed by atoms with Crippen LogP contribution in [-0.4, -0.2) is 31.3 Å². The minimum Gasteiger partial charge on any atom is -0.389 e. The molecular formula is C20H25ClF2N2O. The minimum atomic E-state index is -0.767. The second kappa shape index (κ2) is 7.91. The molecule has 0 saturated heterocycles. The van der Waals surface area contributed by atoms with Crippen molar-refractivity contribution in [1.29, 1.82) is 0 Å². The molecule has 2 aromatic rings. The van der Waals surface area contributed by atoms with E-state index in [-0.39, 0.29) is 29.5 Å². The topological polar surface area (TPSA) is 35.5 Å². The largest absolute Gasteiger partial charge is 0.389 e. The first-order chi connectivity index (χ1) is 11.8. The molecule has 1 aliphatic rings. The summed E-state index contributed by atoms with van der Waals surface area (Å²) in [4.78, 5) is 2.00. The molecule has 0 radical (unpaired) electrons. The molecule has 2 aromatic carbocycles. The average Bonchev–Trinajstić information content (AvgIpc) is 2.79. The summed E-state index contributed by atoms with van der Waals surface area (Å²) >= 11 is 0. The lowest BCUT2D eigenvalue weighted by molar-refractivity contribution is 0.140. The van der Waals surface area contributed by atoms with Gasteiger partial charge >= 0.3 is 0 Å². The highest BCUT2D eigenvalue weighted by atomic mass is 35.5. The van der Waals surface area contributed by atoms with Crippen LogP contribution >= 0.6 is 12.4 Å². The predicted molar refractivity (Wildman–Crippen MR) is 103 cm³/mol. The van der Waals surface area contributed by atoms with Gasteiger partial charge in [-0.3, -0.25) is 0 Å². The van der Waals surface area contributed by atoms with Crippen molar-refractivity contribution in [3.8, 4) is 0 Å². The van der Waals surface area contributed by atoms with Crippen molar-refractivity contribution in [2.45, 2.75) is 31.4 Å². The van der Waals surface area contributed by atoms with Crippen molar-refractivity contribution in [3.63, 3.8) is 0 Å². The van der Waals surface area contributed by atoms with Crippen LogP contribution in [0, 0.1) is 11.6 Å². The van der Waals surface area contributed by atoms with Gasteiger partial charge in [0.2, 0.25) is 0 Å². The van der Waals surface area contributed by atoms with E-state index in [1.807, 2.05) is 4.90 Å². The Bertz CT molecular complexity index is 769. The Balaban J connectivity index is 0.00000243. The maximum Gasteiger partial charge on any atom is 0.125 e. The molecule has 2 N–H and O–H groups in total. The van der Waals surface area contributed by atoms with E-state index in [1.54, 1.807) is 25.2 Å². The van der Waals surface area contributed by atoms with Gasteiger partial charge in [-0.15, -0.1) is 12.4 Å². The first-order valence-corrected chi connectivity index (χ1v) is 8.48. The van der Waals surface area contributed by atoms with E-state index in [4.69, 9.17) is 0 Å². The number of likely N-dealkylation sites (N-methyl/N-ethyl adjacent to an activating group) is 1. The van der Waals surface area contributed by atoms with Crippen LogP contribution in [0.15, 0.2) is 42.5 Å². The zero-order valence-corrected chi connectivity index (χ0v) is 16.0. The molecule has 0 spiro atoms. The minimum absolute atomic E-state index is 0. The molecule has 0 fully saturated rings. The number of nitrogens with zero attached hydrogens (tertiary/aromatic N) is 1. The van der Waals surface area contributed by atoms with E-state index in [2.05, 4.69) is 19.2 Å². The monoisotopic (exact) mass is 382 g/mol. The summed E-state index contributed by atoms with van der Waals surface area (Å²) in [5, 5.41) is 13.7. The number of halogens is 3. The molecule has 3 rings (SSSR count). The van der Waals surface area contributed by atoms with E-state index in [0.29, 0.717) is 18.7 Å². The van der Waals surface area contributed by atoms with E-state index in [9.17, 15) is 13.9 Å². The molecule has 0 aliphatic carbocycles. The molecule has 0 bridgehead atoms. The lowest BCUT2D eigenvalue weighted by Gasteiger charge is -2.35. The van der Waals surface area contributed by atoms with E-state index < -0.39 is 12.1 Å². The summed E-state index contributed by atoms with van der Waals surface area (Å²) in [5.74, 6) is -0.667. The molecule has 3 nitrogen and oxygen atoms in total. The summed E-state index contributed by atoms with van der Waals surface area (Å²) in [6.07, 6.45) is -0.767. The van der Waals surface area contributed by atoms with Gasteiger partial charge in [0.25, 0.3) is 0 Å². The second-order valence-electron chi connectivity index (χ2n) is 7.30. The normalized spacial score (nSPS) is 17.4. The maximum atomic E-state index is 13.9. The molecule has 0 unspecified atom stereocenters. The fourth-order valence-corrected chi connectivity index (χ4v) is 3.78. The van der Waals surface area contributed by atoms with Gasteiger partial charge in [-0.05, 0) is 42.4 Å². The molecular weight excluding hydrogens is 358 g/mol. The van der Waals surface area contributed by atoms with Crippen LogP contribution in [0.5, 0.6) is 0 Å². The van der Waals surface area contributed by atoms with Crippen molar-refractivity contribution in [1.82, 2.24) is 5.32 Å². The fraction of sp³-hybridized carbons (Fsp3) is 0.400. The first kappa shape index (κ1) is 20.6. The van der Waals surface area contributed by atoms with Gasteiger partial charge in [-0.2, -0.15) is 0 Å². The van der Waals surface area contributed by atoms with Crippen LogP contribution in [0.25, 0.3) is 0 Å². The maximum absolute atomic E-state index is 13.9. The molecule has 6 heteroatoms. The van der Waals surface area contributed by atoms with Crippen LogP contribution in [0.1, 0.15) is 31.0 Å². The van der Waals surface area contributed by atoms with Crippen molar-refractivity contribution < 1.29 is 13.9 Å². The summed E-state index contributed by atoms with van der Waals surface area (Å²) in [5.41, 5.74) is 2.28. The second-order valence-corrected chi connectivity index (χ2v) is 7.30. The highest BCUT2D eigenvalue weighted by Crippen LogP contribution is 2.45. The van der Waals surface area contributed by atoms with E-state index >= 15 is 0 Å². The summed E-state index contributed by atoms with van der Waals surface area (Å²) in [7, 11) is 1.76. The Kier molecular flexibility index (Phi) is 6.27. The quantitative estimate of drug-likeness (QED) is 0.825. The molecule has 0 aromatic heterocycles. The molecule has 26 heavy (non-hydrogen) atoms. The molecule has 0 amide bonds. The number of nitrogens with one attached hydrogen (secondary N) is 1. The number of anilines is 1. The Morgan fingerprint density at radius 2 is 1.85 bits per heavy atom. The molecule has 1 aliphatic heterocycles. The van der Waals surface area contributed by atoms with Gasteiger partial charge in [0, 0.05) is 24.2 Å². The summed E-state index contributed by atoms with van der Waals surface area (Å²) in [6, 6.07) is 10.6. The van der Waals surface area contributed by atoms with Crippen molar-refractivity contribution in [2.24, 2.45) is 0 Å². The Hall–Kier alpha value is -1.69. The summed E-state index contributed by atoms with van der Waals surface area (Å²) < 4.78 is 27.7. The van der Waals surface area contributed by atoms with Gasteiger partial charge in [-0.25, -0.2) is 8.78 Å². The van der Waals surface area contributed by atoms with Gasteiger partial charge < -0.3 is 15.3 Å². The SMILES string of the molecule is CNC[C@@H](O)[C@H](c1cccc(F)c1)N1CC(C)(C)c2ccc(F)cc21.Cl. The molecule has 2 atom stereocenters. The number of aliphatic hydroxyl groups excluding tert-OH is 1. The number of rotatable bonds is 5. The lowest BCUT2D eigenvalue weighted by atomic mass is 9.87. The highest BCUT2D eigenvalue weighted by Gasteiger charge is 2.40. The third-order valence-corrected chi connectivity index (χ3v) is 4.87. The number of hydrogen-bond acceptors (Lipinski definition) is 3. The Labute approximate surface area is 159 Å². The van der Waals surface area contributed by atoms with Gasteiger partial charge in [0.15, 0.2) is 0 Å². The van der Waals surface area contributed by atoms with Crippen LogP contribution in [0.3, 0.4) is 0 Å². The lowest BCUT2D eigenvalue weighted by Crippen LogP contribution is -2.42. The smallest absolute Gasteiger partial charge is 0.125 e. The predicted octanol–water partition coefficient (Wildman–Crippen LogP) is 3.81. The average molecular weight is 383 g/mol. The van der Waals surface area contributed by atoms with Crippen LogP contribution in [-0.2, 0) is 5.41 Å². The number of benzene rings is 2. The summed E-state index contributed by atoms with van der Waals surface area (Å²) in [6.45, 7) is 5.16. The van der Waals surface area contributed by atoms with Crippen LogP contribution in [0.2, 0.25) is 0 Å². The number of aliphatic hydroxyl groups is 1. The van der Waals surface area contributed by atoms with Gasteiger partial charge in [-0.1, -0.05) is 32.0 Å². The van der Waals surface area contributed by atoms with Crippen LogP contribution in [0.4, 0.5) is 14.5 Å². The van der Waals surface area contributed by atoms with Crippen molar-refractivity contribution in [2.75, 3.05) is 25.0 Å². The third kappa shape index (κ3) is 3.85. The van der Waals surface area contributed by atoms with Crippen molar-refractivity contribution in [3.05, 3.63) is 65.2 Å². The van der Waals surface area contributed by atoms with Crippen molar-refractivity contribution >= 4 is 18.1 Å². The number of hydrogen-bond donors (Lipinski definition) is 2.